The second kappa shape index (κ2) is 6.93. The van der Waals surface area contributed by atoms with Crippen LogP contribution in [0.1, 0.15) is 39.4 Å². The molecule has 1 aromatic heterocycles. The largest absolute Gasteiger partial charge is 0.389 e. The molecule has 1 aromatic carbocycles. The Bertz CT molecular complexity index is 689. The Morgan fingerprint density at radius 3 is 2.43 bits per heavy atom. The van der Waals surface area contributed by atoms with Crippen molar-refractivity contribution >= 4 is 23.2 Å². The van der Waals surface area contributed by atoms with Crippen molar-refractivity contribution in [3.63, 3.8) is 0 Å². The highest BCUT2D eigenvalue weighted by Gasteiger charge is 2.25. The molecule has 2 aromatic rings. The molecule has 0 aliphatic carbocycles. The summed E-state index contributed by atoms with van der Waals surface area (Å²) >= 11 is 1.18. The number of aliphatic hydroxyl groups is 1. The van der Waals surface area contributed by atoms with E-state index in [0.717, 1.165) is 5.56 Å². The van der Waals surface area contributed by atoms with Crippen LogP contribution in [0, 0.1) is 0 Å². The van der Waals surface area contributed by atoms with Crippen molar-refractivity contribution in [1.82, 2.24) is 4.90 Å². The van der Waals surface area contributed by atoms with E-state index in [1.165, 1.54) is 17.4 Å². The molecule has 0 radical (unpaired) electrons. The molecule has 23 heavy (non-hydrogen) atoms. The predicted octanol–water partition coefficient (Wildman–Crippen LogP) is 2.26. The molecular formula is C17H20N2O3S. The monoisotopic (exact) mass is 332 g/mol. The van der Waals surface area contributed by atoms with Gasteiger partial charge in [-0.2, -0.15) is 0 Å². The summed E-state index contributed by atoms with van der Waals surface area (Å²) in [5, 5.41) is 11.7. The average molecular weight is 332 g/mol. The molecule has 5 nitrogen and oxygen atoms in total. The lowest BCUT2D eigenvalue weighted by molar-refractivity contribution is 0.0282. The molecule has 0 saturated carbocycles. The Morgan fingerprint density at radius 2 is 1.91 bits per heavy atom. The van der Waals surface area contributed by atoms with Crippen LogP contribution in [0.3, 0.4) is 0 Å². The van der Waals surface area contributed by atoms with Crippen LogP contribution in [0.25, 0.3) is 0 Å². The van der Waals surface area contributed by atoms with E-state index in [-0.39, 0.29) is 12.5 Å². The summed E-state index contributed by atoms with van der Waals surface area (Å²) in [6.07, 6.45) is 0. The van der Waals surface area contributed by atoms with Gasteiger partial charge in [0.2, 0.25) is 5.91 Å². The van der Waals surface area contributed by atoms with E-state index in [1.807, 2.05) is 30.3 Å². The maximum Gasteiger partial charge on any atom is 0.264 e. The lowest BCUT2D eigenvalue weighted by atomic mass is 10.1. The van der Waals surface area contributed by atoms with Gasteiger partial charge in [0.1, 0.15) is 0 Å². The van der Waals surface area contributed by atoms with Crippen molar-refractivity contribution in [1.29, 1.82) is 0 Å². The first kappa shape index (κ1) is 17.2. The number of rotatable bonds is 6. The molecule has 2 rings (SSSR count). The van der Waals surface area contributed by atoms with Gasteiger partial charge in [0, 0.05) is 18.5 Å². The summed E-state index contributed by atoms with van der Waals surface area (Å²) in [5.74, 6) is -0.786. The topological polar surface area (TPSA) is 83.6 Å². The van der Waals surface area contributed by atoms with Crippen LogP contribution in [0.5, 0.6) is 0 Å². The first-order chi connectivity index (χ1) is 10.8. The Labute approximate surface area is 139 Å². The zero-order chi connectivity index (χ0) is 17.0. The smallest absolute Gasteiger partial charge is 0.264 e. The molecule has 0 bridgehead atoms. The van der Waals surface area contributed by atoms with Crippen molar-refractivity contribution < 1.29 is 14.7 Å². The molecule has 6 heteroatoms. The van der Waals surface area contributed by atoms with Gasteiger partial charge < -0.3 is 15.7 Å². The minimum Gasteiger partial charge on any atom is -0.389 e. The first-order valence-electron chi connectivity index (χ1n) is 7.20. The number of hydrogen-bond acceptors (Lipinski definition) is 4. The second-order valence-electron chi connectivity index (χ2n) is 6.02. The maximum absolute atomic E-state index is 12.7. The van der Waals surface area contributed by atoms with Crippen LogP contribution in [-0.2, 0) is 6.54 Å². The summed E-state index contributed by atoms with van der Waals surface area (Å²) in [7, 11) is 0. The Balaban J connectivity index is 2.24. The van der Waals surface area contributed by atoms with Gasteiger partial charge in [-0.05, 0) is 25.5 Å². The van der Waals surface area contributed by atoms with Crippen LogP contribution in [0.4, 0.5) is 0 Å². The van der Waals surface area contributed by atoms with Crippen molar-refractivity contribution in [2.75, 3.05) is 6.54 Å². The molecule has 0 unspecified atom stereocenters. The number of carbonyl (C=O) groups excluding carboxylic acids is 2. The SMILES string of the molecule is CC(C)(O)CN(Cc1ccccc1)C(=O)c1cc(C(N)=O)cs1. The molecule has 0 spiro atoms. The summed E-state index contributed by atoms with van der Waals surface area (Å²) in [6, 6.07) is 11.1. The van der Waals surface area contributed by atoms with Crippen molar-refractivity contribution in [3.05, 3.63) is 57.8 Å². The zero-order valence-corrected chi connectivity index (χ0v) is 14.0. The number of primary amides is 1. The molecular weight excluding hydrogens is 312 g/mol. The lowest BCUT2D eigenvalue weighted by Crippen LogP contribution is -2.41. The predicted molar refractivity (Wildman–Crippen MR) is 90.3 cm³/mol. The molecule has 0 fully saturated rings. The van der Waals surface area contributed by atoms with Gasteiger partial charge in [0.15, 0.2) is 0 Å². The van der Waals surface area contributed by atoms with E-state index in [9.17, 15) is 14.7 Å². The van der Waals surface area contributed by atoms with Gasteiger partial charge in [0.05, 0.1) is 16.0 Å². The third-order valence-electron chi connectivity index (χ3n) is 3.18. The van der Waals surface area contributed by atoms with E-state index < -0.39 is 11.5 Å². The molecule has 2 amide bonds. The van der Waals surface area contributed by atoms with Gasteiger partial charge in [-0.1, -0.05) is 30.3 Å². The number of benzene rings is 1. The number of nitrogens with two attached hydrogens (primary N) is 1. The van der Waals surface area contributed by atoms with Crippen LogP contribution in [0.15, 0.2) is 41.8 Å². The fourth-order valence-corrected chi connectivity index (χ4v) is 3.07. The second-order valence-corrected chi connectivity index (χ2v) is 6.93. The van der Waals surface area contributed by atoms with Crippen molar-refractivity contribution in [2.24, 2.45) is 5.73 Å². The maximum atomic E-state index is 12.7. The van der Waals surface area contributed by atoms with Crippen LogP contribution in [-0.4, -0.2) is 34.0 Å². The average Bonchev–Trinajstić information content (AvgIpc) is 2.95. The summed E-state index contributed by atoms with van der Waals surface area (Å²) in [4.78, 5) is 25.9. The first-order valence-corrected chi connectivity index (χ1v) is 8.08. The molecule has 0 aliphatic rings. The van der Waals surface area contributed by atoms with Crippen LogP contribution >= 0.6 is 11.3 Å². The molecule has 1 heterocycles. The standard InChI is InChI=1S/C17H20N2O3S/c1-17(2,22)11-19(9-12-6-4-3-5-7-12)16(21)14-8-13(10-23-14)15(18)20/h3-8,10,22H,9,11H2,1-2H3,(H2,18,20). The van der Waals surface area contributed by atoms with Crippen LogP contribution < -0.4 is 5.73 Å². The number of nitrogens with zero attached hydrogens (tertiary/aromatic N) is 1. The van der Waals surface area contributed by atoms with Gasteiger partial charge >= 0.3 is 0 Å². The molecule has 3 N–H and O–H groups in total. The molecule has 0 atom stereocenters. The minimum atomic E-state index is -1.02. The third-order valence-corrected chi connectivity index (χ3v) is 4.09. The summed E-state index contributed by atoms with van der Waals surface area (Å²) in [6.45, 7) is 3.88. The summed E-state index contributed by atoms with van der Waals surface area (Å²) < 4.78 is 0. The fraction of sp³-hybridized carbons (Fsp3) is 0.294. The Morgan fingerprint density at radius 1 is 1.26 bits per heavy atom. The van der Waals surface area contributed by atoms with Gasteiger partial charge in [0.25, 0.3) is 5.91 Å². The summed E-state index contributed by atoms with van der Waals surface area (Å²) in [5.41, 5.74) is 5.50. The quantitative estimate of drug-likeness (QED) is 0.851. The number of carbonyl (C=O) groups is 2. The van der Waals surface area contributed by atoms with Crippen molar-refractivity contribution in [3.8, 4) is 0 Å². The van der Waals surface area contributed by atoms with Gasteiger partial charge in [-0.25, -0.2) is 0 Å². The Kier molecular flexibility index (Phi) is 5.18. The molecule has 122 valence electrons. The van der Waals surface area contributed by atoms with E-state index in [0.29, 0.717) is 17.0 Å². The van der Waals surface area contributed by atoms with Crippen LogP contribution in [0.2, 0.25) is 0 Å². The van der Waals surface area contributed by atoms with Crippen molar-refractivity contribution in [2.45, 2.75) is 26.0 Å². The fourth-order valence-electron chi connectivity index (χ4n) is 2.20. The zero-order valence-electron chi connectivity index (χ0n) is 13.2. The van der Waals surface area contributed by atoms with Gasteiger partial charge in [-0.3, -0.25) is 9.59 Å². The molecule has 0 aliphatic heterocycles. The highest BCUT2D eigenvalue weighted by atomic mass is 32.1. The highest BCUT2D eigenvalue weighted by Crippen LogP contribution is 2.20. The van der Waals surface area contributed by atoms with E-state index >= 15 is 0 Å². The van der Waals surface area contributed by atoms with Gasteiger partial charge in [-0.15, -0.1) is 11.3 Å². The lowest BCUT2D eigenvalue weighted by Gasteiger charge is -2.29. The Hall–Kier alpha value is -2.18. The molecule has 0 saturated heterocycles. The highest BCUT2D eigenvalue weighted by molar-refractivity contribution is 7.12. The van der Waals surface area contributed by atoms with E-state index in [2.05, 4.69) is 0 Å². The minimum absolute atomic E-state index is 0.185. The number of amides is 2. The number of hydrogen-bond donors (Lipinski definition) is 2. The normalized spacial score (nSPS) is 11.3. The van der Waals surface area contributed by atoms with E-state index in [4.69, 9.17) is 5.73 Å². The third kappa shape index (κ3) is 4.91. The number of thiophene rings is 1. The van der Waals surface area contributed by atoms with E-state index in [1.54, 1.807) is 24.1 Å².